The van der Waals surface area contributed by atoms with Gasteiger partial charge in [-0.1, -0.05) is 12.1 Å². The first-order valence-electron chi connectivity index (χ1n) is 9.84. The molecule has 3 saturated carbocycles. The normalized spacial score (nSPS) is 39.5. The molecule has 3 nitrogen and oxygen atoms in total. The molecule has 0 radical (unpaired) electrons. The summed E-state index contributed by atoms with van der Waals surface area (Å²) in [6.07, 6.45) is 6.87. The summed E-state index contributed by atoms with van der Waals surface area (Å²) in [5.41, 5.74) is 6.96. The molecule has 4 fully saturated rings. The lowest BCUT2D eigenvalue weighted by atomic mass is 9.54. The van der Waals surface area contributed by atoms with Gasteiger partial charge in [-0.05, 0) is 73.5 Å². The van der Waals surface area contributed by atoms with Crippen molar-refractivity contribution in [1.29, 1.82) is 0 Å². The number of hydrogen-bond donors (Lipinski definition) is 1. The number of fused-ring (bicyclic) bond motifs is 1. The van der Waals surface area contributed by atoms with Crippen LogP contribution in [0, 0.1) is 29.5 Å². The van der Waals surface area contributed by atoms with Crippen molar-refractivity contribution >= 4 is 5.91 Å². The summed E-state index contributed by atoms with van der Waals surface area (Å²) >= 11 is 0. The zero-order valence-electron chi connectivity index (χ0n) is 14.7. The van der Waals surface area contributed by atoms with E-state index in [1.165, 1.54) is 31.2 Å². The highest BCUT2D eigenvalue weighted by atomic mass is 19.1. The first-order chi connectivity index (χ1) is 12.0. The van der Waals surface area contributed by atoms with Gasteiger partial charge in [0.2, 0.25) is 5.91 Å². The van der Waals surface area contributed by atoms with Gasteiger partial charge in [-0.3, -0.25) is 4.79 Å². The van der Waals surface area contributed by atoms with Crippen molar-refractivity contribution in [1.82, 2.24) is 4.90 Å². The fourth-order valence-corrected chi connectivity index (χ4v) is 6.65. The Morgan fingerprint density at radius 1 is 1.20 bits per heavy atom. The number of halogens is 1. The van der Waals surface area contributed by atoms with Gasteiger partial charge in [0.1, 0.15) is 5.82 Å². The fraction of sp³-hybridized carbons (Fsp3) is 0.667. The van der Waals surface area contributed by atoms with E-state index >= 15 is 0 Å². The van der Waals surface area contributed by atoms with Gasteiger partial charge in [-0.25, -0.2) is 4.39 Å². The van der Waals surface area contributed by atoms with Crippen LogP contribution in [-0.4, -0.2) is 29.9 Å². The van der Waals surface area contributed by atoms with Gasteiger partial charge in [0.05, 0.1) is 0 Å². The summed E-state index contributed by atoms with van der Waals surface area (Å²) in [6, 6.07) is 7.16. The molecule has 0 spiro atoms. The minimum absolute atomic E-state index is 0.0964. The number of amides is 1. The first kappa shape index (κ1) is 15.8. The molecule has 1 aromatic carbocycles. The van der Waals surface area contributed by atoms with Crippen LogP contribution in [0.25, 0.3) is 0 Å². The minimum Gasteiger partial charge on any atom is -0.339 e. The van der Waals surface area contributed by atoms with E-state index in [9.17, 15) is 9.18 Å². The quantitative estimate of drug-likeness (QED) is 0.917. The first-order valence-corrected chi connectivity index (χ1v) is 9.84. The predicted octanol–water partition coefficient (Wildman–Crippen LogP) is 3.08. The zero-order valence-corrected chi connectivity index (χ0v) is 14.7. The summed E-state index contributed by atoms with van der Waals surface area (Å²) < 4.78 is 13.5. The molecule has 5 rings (SSSR count). The summed E-state index contributed by atoms with van der Waals surface area (Å²) in [5.74, 6) is 3.13. The van der Waals surface area contributed by atoms with E-state index in [-0.39, 0.29) is 23.2 Å². The summed E-state index contributed by atoms with van der Waals surface area (Å²) in [6.45, 7) is 1.38. The van der Waals surface area contributed by atoms with Crippen LogP contribution in [0.1, 0.15) is 44.1 Å². The molecule has 3 aliphatic carbocycles. The van der Waals surface area contributed by atoms with Crippen LogP contribution in [0.4, 0.5) is 4.39 Å². The molecular formula is C21H27FN2O. The van der Waals surface area contributed by atoms with Crippen molar-refractivity contribution in [3.63, 3.8) is 0 Å². The van der Waals surface area contributed by atoms with Crippen molar-refractivity contribution in [3.8, 4) is 0 Å². The fourth-order valence-electron chi connectivity index (χ4n) is 6.65. The Kier molecular flexibility index (Phi) is 3.50. The molecule has 5 unspecified atom stereocenters. The number of rotatable bonds is 3. The SMILES string of the molecule is NC1CN(C(=O)CC2(c3ccc(F)cc3)CCC3CC4CC3C2C4)C1. The van der Waals surface area contributed by atoms with E-state index in [0.29, 0.717) is 25.4 Å². The molecule has 2 N–H and O–H groups in total. The Morgan fingerprint density at radius 3 is 2.64 bits per heavy atom. The van der Waals surface area contributed by atoms with Crippen molar-refractivity contribution < 1.29 is 9.18 Å². The highest BCUT2D eigenvalue weighted by molar-refractivity contribution is 5.79. The third kappa shape index (κ3) is 2.37. The standard InChI is InChI=1S/C21H27FN2O/c22-16-3-1-15(2-4-16)21(10-20(25)24-11-17(23)12-24)6-5-14-7-13-8-18(14)19(21)9-13/h1-4,13-14,17-19H,5-12,23H2. The van der Waals surface area contributed by atoms with Crippen LogP contribution in [0.15, 0.2) is 24.3 Å². The van der Waals surface area contributed by atoms with E-state index in [0.717, 1.165) is 24.2 Å². The lowest BCUT2D eigenvalue weighted by molar-refractivity contribution is -0.138. The molecule has 1 saturated heterocycles. The van der Waals surface area contributed by atoms with Crippen LogP contribution in [0.3, 0.4) is 0 Å². The second-order valence-electron chi connectivity index (χ2n) is 9.04. The Morgan fingerprint density at radius 2 is 1.96 bits per heavy atom. The average molecular weight is 342 g/mol. The molecule has 25 heavy (non-hydrogen) atoms. The molecule has 4 heteroatoms. The Bertz CT molecular complexity index is 684. The number of nitrogens with zero attached hydrogens (tertiary/aromatic N) is 1. The Hall–Kier alpha value is -1.42. The Balaban J connectivity index is 1.49. The van der Waals surface area contributed by atoms with E-state index in [2.05, 4.69) is 0 Å². The van der Waals surface area contributed by atoms with Crippen molar-refractivity contribution in [2.24, 2.45) is 29.4 Å². The molecule has 1 heterocycles. The molecule has 134 valence electrons. The smallest absolute Gasteiger partial charge is 0.223 e. The second kappa shape index (κ2) is 5.54. The van der Waals surface area contributed by atoms with E-state index in [4.69, 9.17) is 5.73 Å². The monoisotopic (exact) mass is 342 g/mol. The van der Waals surface area contributed by atoms with E-state index in [1.54, 1.807) is 12.1 Å². The highest BCUT2D eigenvalue weighted by Crippen LogP contribution is 2.64. The van der Waals surface area contributed by atoms with Crippen LogP contribution < -0.4 is 5.73 Å². The van der Waals surface area contributed by atoms with Crippen LogP contribution in [0.5, 0.6) is 0 Å². The lowest BCUT2D eigenvalue weighted by Gasteiger charge is -2.51. The average Bonchev–Trinajstić information content (AvgIpc) is 3.17. The van der Waals surface area contributed by atoms with Gasteiger partial charge in [0, 0.05) is 31.0 Å². The van der Waals surface area contributed by atoms with Crippen molar-refractivity contribution in [3.05, 3.63) is 35.6 Å². The maximum atomic E-state index is 13.5. The number of carbonyl (C=O) groups excluding carboxylic acids is 1. The van der Waals surface area contributed by atoms with Gasteiger partial charge in [0.15, 0.2) is 0 Å². The molecular weight excluding hydrogens is 315 g/mol. The van der Waals surface area contributed by atoms with Gasteiger partial charge in [0.25, 0.3) is 0 Å². The number of carbonyl (C=O) groups is 1. The molecule has 0 aromatic heterocycles. The number of hydrogen-bond acceptors (Lipinski definition) is 2. The maximum Gasteiger partial charge on any atom is 0.223 e. The van der Waals surface area contributed by atoms with Crippen molar-refractivity contribution in [2.45, 2.75) is 50.0 Å². The third-order valence-electron chi connectivity index (χ3n) is 7.77. The second-order valence-corrected chi connectivity index (χ2v) is 9.04. The molecule has 4 aliphatic rings. The highest BCUT2D eigenvalue weighted by Gasteiger charge is 2.58. The van der Waals surface area contributed by atoms with Gasteiger partial charge in [-0.2, -0.15) is 0 Å². The topological polar surface area (TPSA) is 46.3 Å². The maximum absolute atomic E-state index is 13.5. The van der Waals surface area contributed by atoms with Crippen LogP contribution >= 0.6 is 0 Å². The summed E-state index contributed by atoms with van der Waals surface area (Å²) in [5, 5.41) is 0. The molecule has 1 aromatic rings. The van der Waals surface area contributed by atoms with Gasteiger partial charge >= 0.3 is 0 Å². The van der Waals surface area contributed by atoms with Gasteiger partial charge in [-0.15, -0.1) is 0 Å². The number of nitrogens with two attached hydrogens (primary N) is 1. The van der Waals surface area contributed by atoms with Crippen LogP contribution in [-0.2, 0) is 10.2 Å². The minimum atomic E-state index is -0.194. The summed E-state index contributed by atoms with van der Waals surface area (Å²) in [4.78, 5) is 14.9. The number of benzene rings is 1. The van der Waals surface area contributed by atoms with Gasteiger partial charge < -0.3 is 10.6 Å². The predicted molar refractivity (Wildman–Crippen MR) is 94.3 cm³/mol. The molecule has 2 bridgehead atoms. The molecule has 1 amide bonds. The van der Waals surface area contributed by atoms with Crippen molar-refractivity contribution in [2.75, 3.05) is 13.1 Å². The Labute approximate surface area is 148 Å². The van der Waals surface area contributed by atoms with Crippen LogP contribution in [0.2, 0.25) is 0 Å². The molecule has 1 aliphatic heterocycles. The zero-order chi connectivity index (χ0) is 17.2. The molecule has 5 atom stereocenters. The summed E-state index contributed by atoms with van der Waals surface area (Å²) in [7, 11) is 0. The largest absolute Gasteiger partial charge is 0.339 e. The lowest BCUT2D eigenvalue weighted by Crippen LogP contribution is -2.59. The van der Waals surface area contributed by atoms with E-state index < -0.39 is 0 Å². The third-order valence-corrected chi connectivity index (χ3v) is 7.77. The number of likely N-dealkylation sites (tertiary alicyclic amines) is 1. The van der Waals surface area contributed by atoms with E-state index in [1.807, 2.05) is 17.0 Å².